The number of allylic oxidation sites excluding steroid dienone is 1. The standard InChI is InChI=1S/C56H85Cl6N6O15P/c1-13-35(5)46-49(71)65-40(10)53(75)83-47(36(6)14-2)38(8)43(82-54(76)63-27-21-16-15-17-22-28-78-84(77,79-32-55(57,58)59)80-33-56(60,61)62)26-25-37(7)52(74)81-44(29-34(3)4)48(70)64-39(9)50(72)68(12)42(30-41-23-19-18-20-24-41)51(73)67(11)31-45(69)66-46/h14,18-20,23-25,34-35,38-40,42-44,46-47H,13,15-17,21-22,26-33H2,1-12H3,(H,63,76)(H,64,70)(H,65,71)(H,66,69)/b36-14+,37-25-/t35-,38+,39+,40-,42-,43+,44-,46+,47-/m1/s1. The largest absolute Gasteiger partial charge is 0.475 e. The number of hydrogen-bond acceptors (Lipinski definition) is 15. The topological polar surface area (TPSA) is 264 Å². The van der Waals surface area contributed by atoms with E-state index >= 15 is 0 Å². The molecule has 1 heterocycles. The van der Waals surface area contributed by atoms with E-state index in [9.17, 15) is 42.9 Å². The number of phosphoric acid groups is 1. The van der Waals surface area contributed by atoms with Crippen molar-refractivity contribution in [3.05, 3.63) is 59.2 Å². The number of nitrogens with one attached hydrogen (secondary N) is 4. The van der Waals surface area contributed by atoms with Crippen molar-refractivity contribution >= 4 is 125 Å². The summed E-state index contributed by atoms with van der Waals surface area (Å²) in [6.45, 7) is 15.0. The van der Waals surface area contributed by atoms with Gasteiger partial charge < -0.3 is 45.3 Å². The lowest BCUT2D eigenvalue weighted by molar-refractivity contribution is -0.155. The predicted molar refractivity (Wildman–Crippen MR) is 325 cm³/mol. The molecule has 0 unspecified atom stereocenters. The number of carbonyl (C=O) groups is 8. The molecule has 6 amide bonds. The fraction of sp³-hybridized carbons (Fsp3) is 0.679. The van der Waals surface area contributed by atoms with Gasteiger partial charge in [-0.25, -0.2) is 18.9 Å². The van der Waals surface area contributed by atoms with Gasteiger partial charge in [0.1, 0.15) is 49.6 Å². The van der Waals surface area contributed by atoms with E-state index in [1.807, 2.05) is 20.8 Å². The Morgan fingerprint density at radius 3 is 1.98 bits per heavy atom. The van der Waals surface area contributed by atoms with Crippen LogP contribution in [0.3, 0.4) is 0 Å². The van der Waals surface area contributed by atoms with Crippen LogP contribution < -0.4 is 21.3 Å². The lowest BCUT2D eigenvalue weighted by Crippen LogP contribution is -2.57. The summed E-state index contributed by atoms with van der Waals surface area (Å²) in [5, 5.41) is 10.8. The Bertz CT molecular complexity index is 2430. The number of hydrogen-bond donors (Lipinski definition) is 4. The van der Waals surface area contributed by atoms with E-state index in [0.717, 1.165) is 4.90 Å². The summed E-state index contributed by atoms with van der Waals surface area (Å²) in [6.07, 6.45) is 2.16. The van der Waals surface area contributed by atoms with E-state index in [4.69, 9.17) is 97.4 Å². The third kappa shape index (κ3) is 28.3. The lowest BCUT2D eigenvalue weighted by Gasteiger charge is -2.33. The highest BCUT2D eigenvalue weighted by Crippen LogP contribution is 2.52. The molecule has 2 rings (SSSR count). The van der Waals surface area contributed by atoms with Crippen molar-refractivity contribution in [3.8, 4) is 0 Å². The number of esters is 2. The van der Waals surface area contributed by atoms with E-state index < -0.39 is 137 Å². The monoisotopic (exact) mass is 1320 g/mol. The van der Waals surface area contributed by atoms with Crippen LogP contribution in [0.25, 0.3) is 0 Å². The van der Waals surface area contributed by atoms with Crippen LogP contribution in [0.2, 0.25) is 0 Å². The van der Waals surface area contributed by atoms with Crippen LogP contribution in [0.5, 0.6) is 0 Å². The molecule has 1 aromatic rings. The molecule has 0 aromatic heterocycles. The van der Waals surface area contributed by atoms with E-state index in [1.165, 1.54) is 45.8 Å². The number of ether oxygens (including phenoxy) is 3. The number of unbranched alkanes of at least 4 members (excludes halogenated alkanes) is 4. The Hall–Kier alpha value is -3.89. The molecular weight excluding hydrogens is 1240 g/mol. The Labute approximate surface area is 524 Å². The third-order valence-corrected chi connectivity index (χ3v) is 15.7. The lowest BCUT2D eigenvalue weighted by atomic mass is 9.90. The summed E-state index contributed by atoms with van der Waals surface area (Å²) in [7, 11) is -1.48. The number of rotatable bonds is 21. The van der Waals surface area contributed by atoms with Crippen LogP contribution in [0.1, 0.15) is 126 Å². The molecule has 1 aromatic carbocycles. The van der Waals surface area contributed by atoms with Crippen molar-refractivity contribution in [2.45, 2.75) is 177 Å². The van der Waals surface area contributed by atoms with Crippen molar-refractivity contribution < 1.29 is 70.7 Å². The molecule has 21 nitrogen and oxygen atoms in total. The molecule has 84 heavy (non-hydrogen) atoms. The average Bonchev–Trinajstić information content (AvgIpc) is 3.61. The van der Waals surface area contributed by atoms with Gasteiger partial charge in [-0.1, -0.05) is 172 Å². The Morgan fingerprint density at radius 1 is 0.821 bits per heavy atom. The minimum absolute atomic E-state index is 0.0408. The molecular formula is C56H85Cl6N6O15P. The quantitative estimate of drug-likeness (QED) is 0.0223. The maximum absolute atomic E-state index is 14.3. The molecule has 4 N–H and O–H groups in total. The van der Waals surface area contributed by atoms with E-state index in [0.29, 0.717) is 49.7 Å². The van der Waals surface area contributed by atoms with Crippen molar-refractivity contribution in [2.24, 2.45) is 17.8 Å². The van der Waals surface area contributed by atoms with E-state index in [2.05, 4.69) is 21.3 Å². The molecule has 0 bridgehead atoms. The first-order valence-corrected chi connectivity index (χ1v) is 31.6. The van der Waals surface area contributed by atoms with Crippen molar-refractivity contribution in [1.29, 1.82) is 0 Å². The van der Waals surface area contributed by atoms with E-state index in [-0.39, 0.29) is 43.9 Å². The minimum Gasteiger partial charge on any atom is -0.456 e. The smallest absolute Gasteiger partial charge is 0.456 e. The highest BCUT2D eigenvalue weighted by atomic mass is 35.6. The molecule has 0 saturated heterocycles. The van der Waals surface area contributed by atoms with Gasteiger partial charge in [0.15, 0.2) is 6.10 Å². The number of alkyl halides is 6. The summed E-state index contributed by atoms with van der Waals surface area (Å²) in [5.74, 6) is -6.54. The second-order valence-corrected chi connectivity index (χ2v) is 28.0. The van der Waals surface area contributed by atoms with Gasteiger partial charge >= 0.3 is 25.9 Å². The Kier molecular flexibility index (Phi) is 33.6. The number of nitrogens with zero attached hydrogens (tertiary/aromatic N) is 2. The second kappa shape index (κ2) is 37.1. The van der Waals surface area contributed by atoms with Gasteiger partial charge in [0.25, 0.3) is 5.91 Å². The van der Waals surface area contributed by atoms with E-state index in [1.54, 1.807) is 64.1 Å². The molecule has 0 saturated carbocycles. The molecule has 9 atom stereocenters. The van der Waals surface area contributed by atoms with Gasteiger partial charge in [0.05, 0.1) is 13.2 Å². The van der Waals surface area contributed by atoms with Crippen molar-refractivity contribution in [3.63, 3.8) is 0 Å². The number of carbonyl (C=O) groups excluding carboxylic acids is 8. The van der Waals surface area contributed by atoms with Gasteiger partial charge in [-0.15, -0.1) is 0 Å². The molecule has 0 aliphatic carbocycles. The first kappa shape index (κ1) is 76.2. The predicted octanol–water partition coefficient (Wildman–Crippen LogP) is 9.82. The average molecular weight is 1330 g/mol. The van der Waals surface area contributed by atoms with Crippen LogP contribution in [-0.2, 0) is 72.3 Å². The summed E-state index contributed by atoms with van der Waals surface area (Å²) in [6, 6.07) is 4.12. The zero-order valence-electron chi connectivity index (χ0n) is 49.9. The number of halogens is 6. The summed E-state index contributed by atoms with van der Waals surface area (Å²) >= 11 is 34.4. The molecule has 476 valence electrons. The molecule has 0 fully saturated rings. The number of likely N-dealkylation sites (N-methyl/N-ethyl adjacent to an activating group) is 2. The molecule has 1 aliphatic heterocycles. The van der Waals surface area contributed by atoms with Crippen LogP contribution in [0, 0.1) is 17.8 Å². The maximum atomic E-state index is 14.3. The fourth-order valence-corrected chi connectivity index (χ4v) is 10.5. The van der Waals surface area contributed by atoms with Crippen LogP contribution >= 0.6 is 77.4 Å². The van der Waals surface area contributed by atoms with Crippen LogP contribution in [0.15, 0.2) is 53.6 Å². The summed E-state index contributed by atoms with van der Waals surface area (Å²) in [4.78, 5) is 114. The van der Waals surface area contributed by atoms with Gasteiger partial charge in [-0.3, -0.25) is 37.5 Å². The fourth-order valence-electron chi connectivity index (χ4n) is 8.41. The Balaban J connectivity index is 2.49. The van der Waals surface area contributed by atoms with Crippen LogP contribution in [-0.4, -0.2) is 154 Å². The number of cyclic esters (lactones) is 2. The zero-order chi connectivity index (χ0) is 63.7. The molecule has 1 aliphatic rings. The maximum Gasteiger partial charge on any atom is 0.475 e. The summed E-state index contributed by atoms with van der Waals surface area (Å²) < 4.78 is 42.8. The second-order valence-electron chi connectivity index (χ2n) is 21.3. The van der Waals surface area contributed by atoms with Crippen LogP contribution in [0.4, 0.5) is 4.79 Å². The number of benzene rings is 1. The van der Waals surface area contributed by atoms with Crippen molar-refractivity contribution in [2.75, 3.05) is 47.0 Å². The van der Waals surface area contributed by atoms with Gasteiger partial charge in [-0.2, -0.15) is 0 Å². The Morgan fingerprint density at radius 2 is 1.40 bits per heavy atom. The van der Waals surface area contributed by atoms with Gasteiger partial charge in [-0.05, 0) is 76.9 Å². The van der Waals surface area contributed by atoms with Gasteiger partial charge in [0, 0.05) is 45.0 Å². The molecule has 28 heteroatoms. The highest BCUT2D eigenvalue weighted by molar-refractivity contribution is 7.48. The number of amides is 6. The number of alkyl carbamates (subject to hydrolysis) is 1. The SMILES string of the molecule is C/C=C(\C)[C@H]1OC(=O)[C@@H](C)NC(=O)[C@H]([C@H](C)CC)NC(=O)CN(C)C(=O)[C@@H](Cc2ccccc2)N(C)C(=O)[C@H](C)NC(=O)[C@@H](CC(C)C)OC(=O)/C(C)=C\C[C@H](OC(=O)NCCCCCCCOP(=O)(OCC(Cl)(Cl)Cl)OCC(Cl)(Cl)Cl)[C@@H]1C. The first-order chi connectivity index (χ1) is 39.1. The van der Waals surface area contributed by atoms with Crippen molar-refractivity contribution in [1.82, 2.24) is 31.1 Å². The highest BCUT2D eigenvalue weighted by Gasteiger charge is 2.39. The third-order valence-electron chi connectivity index (χ3n) is 13.7. The number of phosphoric ester groups is 1. The van der Waals surface area contributed by atoms with Gasteiger partial charge in [0.2, 0.25) is 31.2 Å². The molecule has 0 spiro atoms. The first-order valence-electron chi connectivity index (χ1n) is 27.9. The summed E-state index contributed by atoms with van der Waals surface area (Å²) in [5.41, 5.74) is 1.31. The zero-order valence-corrected chi connectivity index (χ0v) is 55.4. The molecule has 0 radical (unpaired) electrons. The minimum atomic E-state index is -4.29. The normalized spacial score (nSPS) is 24.3.